The molecule has 8 nitrogen and oxygen atoms in total. The van der Waals surface area contributed by atoms with Crippen molar-refractivity contribution < 1.29 is 29.7 Å². The number of carboxylic acids is 2. The molecule has 162 valence electrons. The van der Waals surface area contributed by atoms with Gasteiger partial charge < -0.3 is 20.2 Å². The number of amides is 1. The minimum atomic E-state index is -1.10. The third kappa shape index (κ3) is 3.55. The summed E-state index contributed by atoms with van der Waals surface area (Å²) in [4.78, 5) is 41.1. The van der Waals surface area contributed by atoms with Crippen molar-refractivity contribution in [2.24, 2.45) is 11.8 Å². The Morgan fingerprint density at radius 2 is 2.03 bits per heavy atom. The fourth-order valence-electron chi connectivity index (χ4n) is 4.69. The van der Waals surface area contributed by atoms with E-state index in [2.05, 4.69) is 4.90 Å². The second-order valence-electron chi connectivity index (χ2n) is 8.11. The van der Waals surface area contributed by atoms with Crippen LogP contribution >= 0.6 is 23.1 Å². The van der Waals surface area contributed by atoms with Gasteiger partial charge in [-0.05, 0) is 32.0 Å². The fraction of sp³-hybridized carbons (Fsp3) is 0.550. The van der Waals surface area contributed by atoms with E-state index in [1.165, 1.54) is 28.0 Å². The van der Waals surface area contributed by atoms with Gasteiger partial charge in [0.1, 0.15) is 10.6 Å². The smallest absolute Gasteiger partial charge is 0.353 e. The molecule has 4 heterocycles. The van der Waals surface area contributed by atoms with E-state index in [0.29, 0.717) is 11.4 Å². The highest BCUT2D eigenvalue weighted by molar-refractivity contribution is 8.03. The molecule has 10 heteroatoms. The number of likely N-dealkylation sites (tertiary alicyclic amines) is 1. The largest absolute Gasteiger partial charge is 0.477 e. The third-order valence-electron chi connectivity index (χ3n) is 6.09. The van der Waals surface area contributed by atoms with Crippen LogP contribution in [-0.2, 0) is 16.1 Å². The molecule has 4 rings (SSSR count). The molecule has 1 amide bonds. The van der Waals surface area contributed by atoms with Crippen molar-refractivity contribution in [2.75, 3.05) is 13.1 Å². The Morgan fingerprint density at radius 3 is 2.63 bits per heavy atom. The predicted octanol–water partition coefficient (Wildman–Crippen LogP) is 1.91. The molecule has 2 saturated heterocycles. The van der Waals surface area contributed by atoms with E-state index in [9.17, 15) is 24.6 Å². The number of aliphatic hydroxyl groups excluding tert-OH is 1. The first-order valence-electron chi connectivity index (χ1n) is 9.88. The number of carboxylic acid groups (broad SMARTS) is 2. The summed E-state index contributed by atoms with van der Waals surface area (Å²) in [6.45, 7) is 5.81. The first-order valence-corrected chi connectivity index (χ1v) is 11.6. The first-order chi connectivity index (χ1) is 14.2. The van der Waals surface area contributed by atoms with Crippen molar-refractivity contribution in [2.45, 2.75) is 44.2 Å². The highest BCUT2D eigenvalue weighted by atomic mass is 32.2. The molecule has 1 aromatic heterocycles. The number of hydrogen-bond donors (Lipinski definition) is 3. The first kappa shape index (κ1) is 21.4. The molecule has 0 aliphatic carbocycles. The molecule has 0 radical (unpaired) electrons. The van der Waals surface area contributed by atoms with Gasteiger partial charge in [-0.25, -0.2) is 9.59 Å². The van der Waals surface area contributed by atoms with Crippen LogP contribution in [0.5, 0.6) is 0 Å². The van der Waals surface area contributed by atoms with E-state index >= 15 is 0 Å². The van der Waals surface area contributed by atoms with Crippen molar-refractivity contribution in [1.82, 2.24) is 9.80 Å². The van der Waals surface area contributed by atoms with Gasteiger partial charge in [-0.1, -0.05) is 6.92 Å². The molecule has 5 atom stereocenters. The molecule has 1 aromatic rings. The molecule has 0 bridgehead atoms. The van der Waals surface area contributed by atoms with Crippen LogP contribution in [0.3, 0.4) is 0 Å². The van der Waals surface area contributed by atoms with Gasteiger partial charge in [0, 0.05) is 34.0 Å². The predicted molar refractivity (Wildman–Crippen MR) is 112 cm³/mol. The lowest BCUT2D eigenvalue weighted by molar-refractivity contribution is -0.163. The van der Waals surface area contributed by atoms with Gasteiger partial charge in [0.05, 0.1) is 18.1 Å². The Hall–Kier alpha value is -1.88. The molecule has 0 aromatic carbocycles. The third-order valence-corrected chi connectivity index (χ3v) is 8.68. The number of fused-ring (bicyclic) bond motifs is 1. The Labute approximate surface area is 182 Å². The van der Waals surface area contributed by atoms with Gasteiger partial charge in [0.25, 0.3) is 0 Å². The quantitative estimate of drug-likeness (QED) is 0.537. The Morgan fingerprint density at radius 1 is 1.30 bits per heavy atom. The van der Waals surface area contributed by atoms with Crippen LogP contribution < -0.4 is 0 Å². The lowest BCUT2D eigenvalue weighted by atomic mass is 9.79. The van der Waals surface area contributed by atoms with E-state index in [1.807, 2.05) is 13.0 Å². The number of hydrogen-bond acceptors (Lipinski definition) is 7. The molecule has 2 fully saturated rings. The van der Waals surface area contributed by atoms with Crippen LogP contribution in [0.25, 0.3) is 0 Å². The number of thiophene rings is 1. The van der Waals surface area contributed by atoms with Crippen LogP contribution in [0.15, 0.2) is 22.7 Å². The van der Waals surface area contributed by atoms with E-state index in [-0.39, 0.29) is 28.8 Å². The lowest BCUT2D eigenvalue weighted by Gasteiger charge is -2.46. The number of carbonyl (C=O) groups excluding carboxylic acids is 1. The molecule has 2 unspecified atom stereocenters. The van der Waals surface area contributed by atoms with Gasteiger partial charge in [0.15, 0.2) is 0 Å². The summed E-state index contributed by atoms with van der Waals surface area (Å²) in [5, 5.41) is 29.0. The van der Waals surface area contributed by atoms with Gasteiger partial charge in [-0.3, -0.25) is 9.69 Å². The van der Waals surface area contributed by atoms with E-state index in [1.54, 1.807) is 13.0 Å². The minimum Gasteiger partial charge on any atom is -0.477 e. The Kier molecular flexibility index (Phi) is 5.69. The second-order valence-corrected chi connectivity index (χ2v) is 10.6. The zero-order chi connectivity index (χ0) is 21.7. The molecule has 3 N–H and O–H groups in total. The van der Waals surface area contributed by atoms with Gasteiger partial charge in [0.2, 0.25) is 5.91 Å². The molecule has 0 spiro atoms. The monoisotopic (exact) mass is 452 g/mol. The summed E-state index contributed by atoms with van der Waals surface area (Å²) in [5.41, 5.74) is 0.0715. The number of rotatable bonds is 7. The maximum absolute atomic E-state index is 12.4. The summed E-state index contributed by atoms with van der Waals surface area (Å²) in [7, 11) is 0. The van der Waals surface area contributed by atoms with Gasteiger partial charge in [-0.2, -0.15) is 0 Å². The van der Waals surface area contributed by atoms with E-state index in [0.717, 1.165) is 29.3 Å². The lowest BCUT2D eigenvalue weighted by Crippen LogP contribution is -2.63. The SMILES string of the molecule is C[C@H]1C(SC2CCN(Cc3ccc(C(=O)O)s3)C2)=C(C(=O)O)N2C(=O)[C@H]([C@@H](C)O)C12. The summed E-state index contributed by atoms with van der Waals surface area (Å²) in [6.07, 6.45) is 0.0905. The molecule has 3 aliphatic heterocycles. The normalized spacial score (nSPS) is 29.8. The maximum atomic E-state index is 12.4. The van der Waals surface area contributed by atoms with Crippen LogP contribution in [0.4, 0.5) is 0 Å². The number of thioether (sulfide) groups is 1. The van der Waals surface area contributed by atoms with E-state index in [4.69, 9.17) is 5.11 Å². The van der Waals surface area contributed by atoms with Crippen molar-refractivity contribution in [1.29, 1.82) is 0 Å². The second kappa shape index (κ2) is 7.99. The molecule has 30 heavy (non-hydrogen) atoms. The van der Waals surface area contributed by atoms with Crippen molar-refractivity contribution >= 4 is 40.9 Å². The summed E-state index contributed by atoms with van der Waals surface area (Å²) in [6, 6.07) is 3.17. The van der Waals surface area contributed by atoms with E-state index < -0.39 is 24.0 Å². The van der Waals surface area contributed by atoms with Crippen molar-refractivity contribution in [3.05, 3.63) is 32.5 Å². The standard InChI is InChI=1S/C20H24N2O6S2/c1-9-15-14(10(2)23)18(24)22(15)16(20(27)28)17(9)30-12-5-6-21(8-12)7-11-3-4-13(29-11)19(25)26/h3-4,9-10,12,14-15,23H,5-8H2,1-2H3,(H,25,26)(H,27,28)/t9-,10-,12?,14-,15?/m1/s1. The highest BCUT2D eigenvalue weighted by Crippen LogP contribution is 2.51. The summed E-state index contributed by atoms with van der Waals surface area (Å²) >= 11 is 2.81. The number of aromatic carboxylic acids is 1. The molecular formula is C20H24N2O6S2. The highest BCUT2D eigenvalue weighted by Gasteiger charge is 2.60. The topological polar surface area (TPSA) is 118 Å². The molecule has 3 aliphatic rings. The van der Waals surface area contributed by atoms with Crippen molar-refractivity contribution in [3.8, 4) is 0 Å². The zero-order valence-electron chi connectivity index (χ0n) is 16.6. The van der Waals surface area contributed by atoms with Gasteiger partial charge >= 0.3 is 11.9 Å². The average molecular weight is 453 g/mol. The maximum Gasteiger partial charge on any atom is 0.353 e. The zero-order valence-corrected chi connectivity index (χ0v) is 18.3. The Balaban J connectivity index is 1.44. The summed E-state index contributed by atoms with van der Waals surface area (Å²) in [5.74, 6) is -2.99. The number of carbonyl (C=O) groups is 3. The number of aliphatic hydroxyl groups is 1. The van der Waals surface area contributed by atoms with Crippen LogP contribution in [0.2, 0.25) is 0 Å². The molecule has 0 saturated carbocycles. The number of nitrogens with zero attached hydrogens (tertiary/aromatic N) is 2. The number of aliphatic carboxylic acids is 1. The van der Waals surface area contributed by atoms with Crippen LogP contribution in [0.1, 0.15) is 34.8 Å². The average Bonchev–Trinajstić information content (AvgIpc) is 3.35. The van der Waals surface area contributed by atoms with Gasteiger partial charge in [-0.15, -0.1) is 23.1 Å². The van der Waals surface area contributed by atoms with Crippen LogP contribution in [0, 0.1) is 11.8 Å². The fourth-order valence-corrected chi connectivity index (χ4v) is 7.10. The molecular weight excluding hydrogens is 428 g/mol. The minimum absolute atomic E-state index is 0.0715. The van der Waals surface area contributed by atoms with Crippen LogP contribution in [-0.4, -0.2) is 73.5 Å². The Bertz CT molecular complexity index is 926. The number of β-lactam (4-membered cyclic amide) rings is 1. The summed E-state index contributed by atoms with van der Waals surface area (Å²) < 4.78 is 0. The van der Waals surface area contributed by atoms with Crippen molar-refractivity contribution in [3.63, 3.8) is 0 Å².